The smallest absolute Gasteiger partial charge is 0.407 e. The summed E-state index contributed by atoms with van der Waals surface area (Å²) < 4.78 is 6.55. The first-order chi connectivity index (χ1) is 10.3. The van der Waals surface area contributed by atoms with E-state index in [0.717, 1.165) is 25.7 Å². The van der Waals surface area contributed by atoms with E-state index in [2.05, 4.69) is 57.5 Å². The zero-order chi connectivity index (χ0) is 16.2. The van der Waals surface area contributed by atoms with Gasteiger partial charge in [0, 0.05) is 21.3 Å². The Kier molecular flexibility index (Phi) is 5.94. The summed E-state index contributed by atoms with van der Waals surface area (Å²) in [5.74, 6) is 0. The second-order valence-electron chi connectivity index (χ2n) is 6.85. The first-order valence-electron chi connectivity index (χ1n) is 7.83. The van der Waals surface area contributed by atoms with Crippen molar-refractivity contribution in [1.29, 1.82) is 0 Å². The monoisotopic (exact) mass is 416 g/mol. The summed E-state index contributed by atoms with van der Waals surface area (Å²) in [6, 6.07) is 9.13. The minimum absolute atomic E-state index is 0.226. The van der Waals surface area contributed by atoms with Gasteiger partial charge in [-0.15, -0.1) is 0 Å². The van der Waals surface area contributed by atoms with Crippen LogP contribution < -0.4 is 10.6 Å². The van der Waals surface area contributed by atoms with Crippen molar-refractivity contribution in [2.75, 3.05) is 5.32 Å². The number of hydrogen-bond acceptors (Lipinski definition) is 3. The number of rotatable bonds is 3. The van der Waals surface area contributed by atoms with Crippen LogP contribution in [-0.4, -0.2) is 23.8 Å². The molecule has 1 saturated carbocycles. The zero-order valence-corrected chi connectivity index (χ0v) is 15.6. The lowest BCUT2D eigenvalue weighted by Gasteiger charge is -2.31. The van der Waals surface area contributed by atoms with Crippen LogP contribution >= 0.6 is 22.6 Å². The van der Waals surface area contributed by atoms with Gasteiger partial charge in [-0.05, 0) is 87.2 Å². The van der Waals surface area contributed by atoms with E-state index in [1.165, 1.54) is 9.26 Å². The first kappa shape index (κ1) is 17.4. The predicted molar refractivity (Wildman–Crippen MR) is 98.2 cm³/mol. The maximum absolute atomic E-state index is 11.8. The van der Waals surface area contributed by atoms with Crippen LogP contribution in [0.5, 0.6) is 0 Å². The maximum Gasteiger partial charge on any atom is 0.407 e. The number of carbonyl (C=O) groups is 1. The van der Waals surface area contributed by atoms with E-state index >= 15 is 0 Å². The molecule has 1 fully saturated rings. The van der Waals surface area contributed by atoms with Gasteiger partial charge < -0.3 is 15.4 Å². The fourth-order valence-electron chi connectivity index (χ4n) is 2.67. The third-order valence-electron chi connectivity index (χ3n) is 3.64. The number of hydrogen-bond donors (Lipinski definition) is 2. The molecule has 5 heteroatoms. The van der Waals surface area contributed by atoms with Crippen LogP contribution in [0.4, 0.5) is 10.5 Å². The molecular formula is C17H25IN2O2. The second kappa shape index (κ2) is 7.53. The SMILES string of the molecule is CC(C)(C)OC(=O)NC1CCC(Nc2cccc(I)c2)CC1. The maximum atomic E-state index is 11.8. The molecule has 0 aliphatic heterocycles. The molecule has 0 radical (unpaired) electrons. The normalized spacial score (nSPS) is 22.0. The van der Waals surface area contributed by atoms with Gasteiger partial charge >= 0.3 is 6.09 Å². The third kappa shape index (κ3) is 6.02. The standard InChI is InChI=1S/C17H25IN2O2/c1-17(2,3)22-16(21)20-14-9-7-13(8-10-14)19-15-6-4-5-12(18)11-15/h4-6,11,13-14,19H,7-10H2,1-3H3,(H,20,21). The van der Waals surface area contributed by atoms with E-state index in [9.17, 15) is 4.79 Å². The summed E-state index contributed by atoms with van der Waals surface area (Å²) in [4.78, 5) is 11.8. The summed E-state index contributed by atoms with van der Waals surface area (Å²) in [5.41, 5.74) is 0.739. The minimum Gasteiger partial charge on any atom is -0.444 e. The van der Waals surface area contributed by atoms with Gasteiger partial charge in [0.25, 0.3) is 0 Å². The predicted octanol–water partition coefficient (Wildman–Crippen LogP) is 4.54. The molecule has 22 heavy (non-hydrogen) atoms. The molecule has 0 aromatic heterocycles. The van der Waals surface area contributed by atoms with Crippen molar-refractivity contribution < 1.29 is 9.53 Å². The van der Waals surface area contributed by atoms with E-state index < -0.39 is 5.60 Å². The van der Waals surface area contributed by atoms with Crippen molar-refractivity contribution in [1.82, 2.24) is 5.32 Å². The molecule has 0 bridgehead atoms. The van der Waals surface area contributed by atoms with Crippen molar-refractivity contribution in [3.63, 3.8) is 0 Å². The molecule has 0 heterocycles. The van der Waals surface area contributed by atoms with Gasteiger partial charge in [0.2, 0.25) is 0 Å². The highest BCUT2D eigenvalue weighted by molar-refractivity contribution is 14.1. The molecule has 4 nitrogen and oxygen atoms in total. The van der Waals surface area contributed by atoms with Gasteiger partial charge in [-0.25, -0.2) is 4.79 Å². The lowest BCUT2D eigenvalue weighted by Crippen LogP contribution is -2.42. The van der Waals surface area contributed by atoms with Gasteiger partial charge in [-0.1, -0.05) is 6.07 Å². The van der Waals surface area contributed by atoms with Gasteiger partial charge in [0.15, 0.2) is 0 Å². The Morgan fingerprint density at radius 1 is 1.18 bits per heavy atom. The van der Waals surface area contributed by atoms with Crippen LogP contribution in [0.3, 0.4) is 0 Å². The van der Waals surface area contributed by atoms with E-state index in [-0.39, 0.29) is 12.1 Å². The molecule has 1 aliphatic carbocycles. The second-order valence-corrected chi connectivity index (χ2v) is 8.10. The molecule has 122 valence electrons. The summed E-state index contributed by atoms with van der Waals surface area (Å²) in [7, 11) is 0. The number of anilines is 1. The summed E-state index contributed by atoms with van der Waals surface area (Å²) in [6.07, 6.45) is 3.79. The molecule has 2 rings (SSSR count). The fourth-order valence-corrected chi connectivity index (χ4v) is 3.21. The average molecular weight is 416 g/mol. The quantitative estimate of drug-likeness (QED) is 0.712. The van der Waals surface area contributed by atoms with Crippen LogP contribution in [-0.2, 0) is 4.74 Å². The molecule has 0 saturated heterocycles. The van der Waals surface area contributed by atoms with Gasteiger partial charge in [-0.3, -0.25) is 0 Å². The molecule has 0 spiro atoms. The van der Waals surface area contributed by atoms with Crippen LogP contribution in [0, 0.1) is 3.57 Å². The van der Waals surface area contributed by atoms with Crippen molar-refractivity contribution in [2.24, 2.45) is 0 Å². The number of carbonyl (C=O) groups excluding carboxylic acids is 1. The van der Waals surface area contributed by atoms with Crippen LogP contribution in [0.2, 0.25) is 0 Å². The topological polar surface area (TPSA) is 50.4 Å². The number of halogens is 1. The van der Waals surface area contributed by atoms with E-state index in [0.29, 0.717) is 6.04 Å². The van der Waals surface area contributed by atoms with E-state index in [1.54, 1.807) is 0 Å². The van der Waals surface area contributed by atoms with Crippen LogP contribution in [0.1, 0.15) is 46.5 Å². The molecule has 0 unspecified atom stereocenters. The van der Waals surface area contributed by atoms with Crippen molar-refractivity contribution >= 4 is 34.4 Å². The molecular weight excluding hydrogens is 391 g/mol. The highest BCUT2D eigenvalue weighted by atomic mass is 127. The summed E-state index contributed by atoms with van der Waals surface area (Å²) in [5, 5.41) is 6.56. The Balaban J connectivity index is 1.75. The lowest BCUT2D eigenvalue weighted by atomic mass is 9.91. The first-order valence-corrected chi connectivity index (χ1v) is 8.91. The Hall–Kier alpha value is -0.980. The Morgan fingerprint density at radius 3 is 2.41 bits per heavy atom. The van der Waals surface area contributed by atoms with Crippen molar-refractivity contribution in [2.45, 2.75) is 64.1 Å². The van der Waals surface area contributed by atoms with Crippen molar-refractivity contribution in [3.8, 4) is 0 Å². The summed E-state index contributed by atoms with van der Waals surface area (Å²) in [6.45, 7) is 5.65. The molecule has 0 atom stereocenters. The lowest BCUT2D eigenvalue weighted by molar-refractivity contribution is 0.0492. The fraction of sp³-hybridized carbons (Fsp3) is 0.588. The zero-order valence-electron chi connectivity index (χ0n) is 13.5. The molecule has 1 aromatic rings. The number of ether oxygens (including phenoxy) is 1. The van der Waals surface area contributed by atoms with Gasteiger partial charge in [-0.2, -0.15) is 0 Å². The van der Waals surface area contributed by atoms with E-state index in [1.807, 2.05) is 20.8 Å². The van der Waals surface area contributed by atoms with Crippen molar-refractivity contribution in [3.05, 3.63) is 27.8 Å². The molecule has 1 aromatic carbocycles. The molecule has 1 aliphatic rings. The van der Waals surface area contributed by atoms with Gasteiger partial charge in [0.1, 0.15) is 5.60 Å². The Bertz CT molecular complexity index is 506. The average Bonchev–Trinajstić information content (AvgIpc) is 2.39. The number of benzene rings is 1. The summed E-state index contributed by atoms with van der Waals surface area (Å²) >= 11 is 2.33. The van der Waals surface area contributed by atoms with Crippen LogP contribution in [0.25, 0.3) is 0 Å². The largest absolute Gasteiger partial charge is 0.444 e. The Labute approximate surface area is 146 Å². The Morgan fingerprint density at radius 2 is 1.82 bits per heavy atom. The van der Waals surface area contributed by atoms with Gasteiger partial charge in [0.05, 0.1) is 0 Å². The highest BCUT2D eigenvalue weighted by Crippen LogP contribution is 2.23. The number of nitrogens with one attached hydrogen (secondary N) is 2. The highest BCUT2D eigenvalue weighted by Gasteiger charge is 2.24. The molecule has 1 amide bonds. The van der Waals surface area contributed by atoms with E-state index in [4.69, 9.17) is 4.74 Å². The molecule has 2 N–H and O–H groups in total. The van der Waals surface area contributed by atoms with Crippen LogP contribution in [0.15, 0.2) is 24.3 Å². The minimum atomic E-state index is -0.437. The third-order valence-corrected chi connectivity index (χ3v) is 4.31. The number of alkyl carbamates (subject to hydrolysis) is 1. The number of amides is 1.